The molecule has 2 aromatic rings. The second kappa shape index (κ2) is 7.38. The lowest BCUT2D eigenvalue weighted by atomic mass is 10.0. The van der Waals surface area contributed by atoms with E-state index in [1.54, 1.807) is 24.0 Å². The predicted molar refractivity (Wildman–Crippen MR) is 95.3 cm³/mol. The molecule has 3 rings (SSSR count). The van der Waals surface area contributed by atoms with E-state index in [0.717, 1.165) is 42.9 Å². The van der Waals surface area contributed by atoms with Crippen LogP contribution in [0.3, 0.4) is 0 Å². The topological polar surface area (TPSA) is 49.0 Å². The van der Waals surface area contributed by atoms with E-state index < -0.39 is 0 Å². The molecule has 1 amide bonds. The van der Waals surface area contributed by atoms with E-state index in [4.69, 9.17) is 0 Å². The second-order valence-electron chi connectivity index (χ2n) is 6.11. The van der Waals surface area contributed by atoms with Crippen molar-refractivity contribution >= 4 is 17.7 Å². The lowest BCUT2D eigenvalue weighted by Crippen LogP contribution is -2.42. The highest BCUT2D eigenvalue weighted by molar-refractivity contribution is 7.99. The molecule has 6 heteroatoms. The quantitative estimate of drug-likeness (QED) is 0.909. The highest BCUT2D eigenvalue weighted by Gasteiger charge is 2.32. The van der Waals surface area contributed by atoms with Crippen LogP contribution in [0.25, 0.3) is 11.3 Å². The van der Waals surface area contributed by atoms with E-state index in [0.29, 0.717) is 0 Å². The Hall–Kier alpha value is -1.82. The average molecular weight is 347 g/mol. The maximum Gasteiger partial charge on any atom is 0.236 e. The van der Waals surface area contributed by atoms with Crippen molar-refractivity contribution in [1.29, 1.82) is 0 Å². The number of benzene rings is 1. The molecule has 0 saturated carbocycles. The van der Waals surface area contributed by atoms with Crippen LogP contribution in [0.2, 0.25) is 0 Å². The first kappa shape index (κ1) is 17.0. The van der Waals surface area contributed by atoms with Crippen molar-refractivity contribution in [3.8, 4) is 11.3 Å². The smallest absolute Gasteiger partial charge is 0.236 e. The number of rotatable bonds is 4. The summed E-state index contributed by atoms with van der Waals surface area (Å²) in [4.78, 5) is 22.4. The third kappa shape index (κ3) is 3.48. The van der Waals surface area contributed by atoms with E-state index in [2.05, 4.69) is 9.97 Å². The average Bonchev–Trinajstić information content (AvgIpc) is 3.10. The Labute approximate surface area is 145 Å². The lowest BCUT2D eigenvalue weighted by Gasteiger charge is -2.36. The first-order valence-electron chi connectivity index (χ1n) is 8.24. The molecular weight excluding hydrogens is 325 g/mol. The molecule has 1 saturated heterocycles. The van der Waals surface area contributed by atoms with Crippen molar-refractivity contribution in [2.75, 3.05) is 12.8 Å². The number of piperidine rings is 1. The van der Waals surface area contributed by atoms with Gasteiger partial charge in [-0.15, -0.1) is 0 Å². The molecule has 2 atom stereocenters. The number of hydrogen-bond donors (Lipinski definition) is 1. The number of H-pyrrole nitrogens is 1. The van der Waals surface area contributed by atoms with Gasteiger partial charge in [0.05, 0.1) is 23.2 Å². The molecule has 1 N–H and O–H groups in total. The summed E-state index contributed by atoms with van der Waals surface area (Å²) >= 11 is 1.56. The van der Waals surface area contributed by atoms with Crippen LogP contribution in [0.1, 0.15) is 38.1 Å². The van der Waals surface area contributed by atoms with Crippen LogP contribution in [0.15, 0.2) is 30.5 Å². The Morgan fingerprint density at radius 1 is 1.46 bits per heavy atom. The van der Waals surface area contributed by atoms with Crippen molar-refractivity contribution in [2.45, 2.75) is 37.5 Å². The zero-order valence-corrected chi connectivity index (χ0v) is 14.8. The summed E-state index contributed by atoms with van der Waals surface area (Å²) in [5.74, 6) is 0.679. The molecule has 0 spiro atoms. The first-order valence-corrected chi connectivity index (χ1v) is 9.53. The highest BCUT2D eigenvalue weighted by Crippen LogP contribution is 2.32. The van der Waals surface area contributed by atoms with Crippen LogP contribution >= 0.6 is 11.8 Å². The number of hydrogen-bond acceptors (Lipinski definition) is 3. The summed E-state index contributed by atoms with van der Waals surface area (Å²) < 4.78 is 13.4. The van der Waals surface area contributed by atoms with Gasteiger partial charge < -0.3 is 9.88 Å². The molecule has 1 aliphatic heterocycles. The maximum atomic E-state index is 13.4. The third-order valence-electron chi connectivity index (χ3n) is 4.53. The number of aromatic nitrogens is 2. The minimum atomic E-state index is -0.271. The summed E-state index contributed by atoms with van der Waals surface area (Å²) in [5.41, 5.74) is 1.54. The van der Waals surface area contributed by atoms with Crippen LogP contribution in [0.4, 0.5) is 4.39 Å². The highest BCUT2D eigenvalue weighted by atomic mass is 32.2. The van der Waals surface area contributed by atoms with Gasteiger partial charge in [-0.3, -0.25) is 4.79 Å². The number of amides is 1. The Kier molecular flexibility index (Phi) is 5.23. The SMILES string of the molecule is CS[C@@H](C)C(=O)N1CCCC[C@H]1c1ncc(-c2cccc(F)c2)[nH]1. The number of nitrogens with one attached hydrogen (secondary N) is 1. The molecule has 1 fully saturated rings. The minimum absolute atomic E-state index is 0.0249. The standard InChI is InChI=1S/C18H22FN3OS/c1-12(24-2)18(23)22-9-4-3-8-16(22)17-20-11-15(21-17)13-6-5-7-14(19)10-13/h5-7,10-12,16H,3-4,8-9H2,1-2H3,(H,20,21)/t12-,16-/m0/s1. The van der Waals surface area contributed by atoms with E-state index in [1.807, 2.05) is 24.1 Å². The fourth-order valence-corrected chi connectivity index (χ4v) is 3.46. The molecular formula is C18H22FN3OS. The molecule has 2 heterocycles. The van der Waals surface area contributed by atoms with E-state index in [9.17, 15) is 9.18 Å². The summed E-state index contributed by atoms with van der Waals surface area (Å²) in [6.07, 6.45) is 6.69. The number of carbonyl (C=O) groups excluding carboxylic acids is 1. The number of carbonyl (C=O) groups is 1. The van der Waals surface area contributed by atoms with Gasteiger partial charge in [0.15, 0.2) is 0 Å². The van der Waals surface area contributed by atoms with Crippen molar-refractivity contribution < 1.29 is 9.18 Å². The summed E-state index contributed by atoms with van der Waals surface area (Å²) in [6.45, 7) is 2.71. The van der Waals surface area contributed by atoms with Crippen molar-refractivity contribution in [3.63, 3.8) is 0 Å². The molecule has 1 aromatic heterocycles. The zero-order valence-electron chi connectivity index (χ0n) is 14.0. The minimum Gasteiger partial charge on any atom is -0.340 e. The number of aromatic amines is 1. The Morgan fingerprint density at radius 3 is 3.04 bits per heavy atom. The lowest BCUT2D eigenvalue weighted by molar-refractivity contribution is -0.134. The Morgan fingerprint density at radius 2 is 2.29 bits per heavy atom. The Bertz CT molecular complexity index is 718. The Balaban J connectivity index is 1.85. The van der Waals surface area contributed by atoms with Gasteiger partial charge >= 0.3 is 0 Å². The van der Waals surface area contributed by atoms with Crippen LogP contribution in [0, 0.1) is 5.82 Å². The molecule has 24 heavy (non-hydrogen) atoms. The number of nitrogens with zero attached hydrogens (tertiary/aromatic N) is 2. The van der Waals surface area contributed by atoms with Crippen molar-refractivity contribution in [2.24, 2.45) is 0 Å². The van der Waals surface area contributed by atoms with Gasteiger partial charge in [0, 0.05) is 12.1 Å². The fraction of sp³-hybridized carbons (Fsp3) is 0.444. The molecule has 4 nitrogen and oxygen atoms in total. The van der Waals surface area contributed by atoms with Gasteiger partial charge in [-0.05, 0) is 44.6 Å². The summed E-state index contributed by atoms with van der Waals surface area (Å²) in [7, 11) is 0. The second-order valence-corrected chi connectivity index (χ2v) is 7.29. The largest absolute Gasteiger partial charge is 0.340 e. The van der Waals surface area contributed by atoms with E-state index >= 15 is 0 Å². The van der Waals surface area contributed by atoms with Gasteiger partial charge in [0.25, 0.3) is 0 Å². The van der Waals surface area contributed by atoms with Gasteiger partial charge in [-0.1, -0.05) is 12.1 Å². The summed E-state index contributed by atoms with van der Waals surface area (Å²) in [5, 5.41) is -0.0525. The van der Waals surface area contributed by atoms with E-state index in [-0.39, 0.29) is 23.0 Å². The van der Waals surface area contributed by atoms with Crippen LogP contribution < -0.4 is 0 Å². The molecule has 0 unspecified atom stereocenters. The normalized spacial score (nSPS) is 19.3. The molecule has 0 bridgehead atoms. The number of imidazole rings is 1. The predicted octanol–water partition coefficient (Wildman–Crippen LogP) is 4.02. The molecule has 1 aliphatic rings. The number of thioether (sulfide) groups is 1. The van der Waals surface area contributed by atoms with Crippen molar-refractivity contribution in [3.05, 3.63) is 42.1 Å². The molecule has 1 aromatic carbocycles. The zero-order chi connectivity index (χ0) is 17.1. The molecule has 0 radical (unpaired) electrons. The molecule has 0 aliphatic carbocycles. The maximum absolute atomic E-state index is 13.4. The van der Waals surface area contributed by atoms with Gasteiger partial charge in [-0.25, -0.2) is 9.37 Å². The van der Waals surface area contributed by atoms with Gasteiger partial charge in [0.1, 0.15) is 11.6 Å². The number of halogens is 1. The van der Waals surface area contributed by atoms with Crippen LogP contribution in [-0.4, -0.2) is 38.8 Å². The van der Waals surface area contributed by atoms with Crippen LogP contribution in [0.5, 0.6) is 0 Å². The third-order valence-corrected chi connectivity index (χ3v) is 5.44. The number of likely N-dealkylation sites (tertiary alicyclic amines) is 1. The monoisotopic (exact) mass is 347 g/mol. The molecule has 128 valence electrons. The fourth-order valence-electron chi connectivity index (χ4n) is 3.12. The van der Waals surface area contributed by atoms with Crippen molar-refractivity contribution in [1.82, 2.24) is 14.9 Å². The van der Waals surface area contributed by atoms with Crippen LogP contribution in [-0.2, 0) is 4.79 Å². The first-order chi connectivity index (χ1) is 11.6. The summed E-state index contributed by atoms with van der Waals surface area (Å²) in [6, 6.07) is 6.41. The van der Waals surface area contributed by atoms with Gasteiger partial charge in [0.2, 0.25) is 5.91 Å². The van der Waals surface area contributed by atoms with Gasteiger partial charge in [-0.2, -0.15) is 11.8 Å². The van der Waals surface area contributed by atoms with E-state index in [1.165, 1.54) is 12.1 Å².